The van der Waals surface area contributed by atoms with Crippen molar-refractivity contribution in [2.75, 3.05) is 13.7 Å². The van der Waals surface area contributed by atoms with Crippen molar-refractivity contribution in [1.29, 1.82) is 0 Å². The van der Waals surface area contributed by atoms with Crippen LogP contribution < -0.4 is 10.1 Å². The maximum absolute atomic E-state index is 9.77. The van der Waals surface area contributed by atoms with E-state index in [4.69, 9.17) is 4.74 Å². The van der Waals surface area contributed by atoms with E-state index in [1.807, 2.05) is 12.1 Å². The number of methoxy groups -OCH3 is 1. The van der Waals surface area contributed by atoms with Gasteiger partial charge in [0.05, 0.1) is 7.11 Å². The molecule has 2 N–H and O–H groups in total. The number of hydrogen-bond donors (Lipinski definition) is 2. The molecule has 0 radical (unpaired) electrons. The van der Waals surface area contributed by atoms with Crippen LogP contribution in [0.5, 0.6) is 11.5 Å². The molecule has 20 heavy (non-hydrogen) atoms. The molecular weight excluding hydrogens is 250 g/mol. The van der Waals surface area contributed by atoms with Crippen molar-refractivity contribution < 1.29 is 9.84 Å². The number of ether oxygens (including phenoxy) is 1. The molecular formula is C17H21NO2. The van der Waals surface area contributed by atoms with E-state index in [9.17, 15) is 5.11 Å². The molecule has 2 rings (SSSR count). The molecule has 0 fully saturated rings. The Morgan fingerprint density at radius 2 is 1.90 bits per heavy atom. The van der Waals surface area contributed by atoms with Gasteiger partial charge in [-0.05, 0) is 43.1 Å². The van der Waals surface area contributed by atoms with E-state index in [2.05, 4.69) is 29.6 Å². The molecule has 0 aromatic heterocycles. The van der Waals surface area contributed by atoms with E-state index >= 15 is 0 Å². The molecule has 0 aliphatic carbocycles. The average molecular weight is 271 g/mol. The molecule has 2 aromatic carbocycles. The molecule has 0 heterocycles. The Morgan fingerprint density at radius 1 is 1.10 bits per heavy atom. The van der Waals surface area contributed by atoms with Crippen LogP contribution in [0.3, 0.4) is 0 Å². The quantitative estimate of drug-likeness (QED) is 0.760. The van der Waals surface area contributed by atoms with Gasteiger partial charge >= 0.3 is 0 Å². The Kier molecular flexibility index (Phi) is 5.44. The molecule has 0 saturated carbocycles. The van der Waals surface area contributed by atoms with Crippen molar-refractivity contribution in [3.8, 4) is 11.5 Å². The number of phenols is 1. The first kappa shape index (κ1) is 14.4. The summed E-state index contributed by atoms with van der Waals surface area (Å²) in [7, 11) is 1.63. The van der Waals surface area contributed by atoms with Gasteiger partial charge in [-0.25, -0.2) is 0 Å². The highest BCUT2D eigenvalue weighted by Gasteiger charge is 2.02. The predicted molar refractivity (Wildman–Crippen MR) is 81.1 cm³/mol. The van der Waals surface area contributed by atoms with Gasteiger partial charge in [-0.15, -0.1) is 0 Å². The summed E-state index contributed by atoms with van der Waals surface area (Å²) in [5.74, 6) is 1.07. The fraction of sp³-hybridized carbons (Fsp3) is 0.294. The Morgan fingerprint density at radius 3 is 2.65 bits per heavy atom. The lowest BCUT2D eigenvalue weighted by atomic mass is 10.1. The van der Waals surface area contributed by atoms with Gasteiger partial charge in [0.25, 0.3) is 0 Å². The van der Waals surface area contributed by atoms with Gasteiger partial charge in [0, 0.05) is 12.1 Å². The van der Waals surface area contributed by atoms with Crippen LogP contribution in [-0.4, -0.2) is 18.8 Å². The molecule has 3 nitrogen and oxygen atoms in total. The molecule has 2 aromatic rings. The first-order valence-corrected chi connectivity index (χ1v) is 6.90. The maximum atomic E-state index is 9.77. The third-order valence-corrected chi connectivity index (χ3v) is 3.26. The summed E-state index contributed by atoms with van der Waals surface area (Å²) in [6.07, 6.45) is 2.15. The van der Waals surface area contributed by atoms with Crippen LogP contribution in [0.15, 0.2) is 48.5 Å². The maximum Gasteiger partial charge on any atom is 0.120 e. The van der Waals surface area contributed by atoms with Crippen molar-refractivity contribution in [1.82, 2.24) is 5.32 Å². The van der Waals surface area contributed by atoms with E-state index in [1.165, 1.54) is 5.56 Å². The van der Waals surface area contributed by atoms with Crippen LogP contribution in [-0.2, 0) is 13.0 Å². The normalized spacial score (nSPS) is 10.4. The minimum Gasteiger partial charge on any atom is -0.508 e. The van der Waals surface area contributed by atoms with Crippen molar-refractivity contribution in [3.05, 3.63) is 59.7 Å². The number of aryl methyl sites for hydroxylation is 1. The third-order valence-electron chi connectivity index (χ3n) is 3.26. The van der Waals surface area contributed by atoms with Crippen molar-refractivity contribution in [3.63, 3.8) is 0 Å². The lowest BCUT2D eigenvalue weighted by Gasteiger charge is -2.09. The van der Waals surface area contributed by atoms with Crippen LogP contribution >= 0.6 is 0 Å². The minimum atomic E-state index is 0.307. The Labute approximate surface area is 120 Å². The molecule has 0 unspecified atom stereocenters. The Balaban J connectivity index is 1.73. The number of aromatic hydroxyl groups is 1. The number of phenolic OH excluding ortho intramolecular Hbond substituents is 1. The van der Waals surface area contributed by atoms with Crippen molar-refractivity contribution >= 4 is 0 Å². The molecule has 0 bridgehead atoms. The second-order valence-corrected chi connectivity index (χ2v) is 4.76. The predicted octanol–water partition coefficient (Wildman–Crippen LogP) is 3.12. The molecule has 0 aliphatic heterocycles. The van der Waals surface area contributed by atoms with E-state index in [1.54, 1.807) is 19.2 Å². The lowest BCUT2D eigenvalue weighted by Crippen LogP contribution is -2.15. The van der Waals surface area contributed by atoms with E-state index in [0.717, 1.165) is 30.7 Å². The Hall–Kier alpha value is -2.00. The molecule has 0 aliphatic rings. The summed E-state index contributed by atoms with van der Waals surface area (Å²) in [5, 5.41) is 13.1. The summed E-state index contributed by atoms with van der Waals surface area (Å²) in [5.41, 5.74) is 2.22. The minimum absolute atomic E-state index is 0.307. The number of nitrogens with one attached hydrogen (secondary N) is 1. The summed E-state index contributed by atoms with van der Waals surface area (Å²) in [6.45, 7) is 1.57. The highest BCUT2D eigenvalue weighted by Crippen LogP contribution is 2.22. The monoisotopic (exact) mass is 271 g/mol. The number of benzene rings is 2. The molecule has 106 valence electrons. The molecule has 3 heteroatoms. The highest BCUT2D eigenvalue weighted by atomic mass is 16.5. The standard InChI is InChI=1S/C17H21NO2/c1-20-16-9-10-17(19)15(12-16)13-18-11-5-8-14-6-3-2-4-7-14/h2-4,6-7,9-10,12,18-19H,5,8,11,13H2,1H3. The van der Waals surface area contributed by atoms with Gasteiger partial charge in [0.1, 0.15) is 11.5 Å². The second kappa shape index (κ2) is 7.56. The van der Waals surface area contributed by atoms with E-state index < -0.39 is 0 Å². The van der Waals surface area contributed by atoms with Gasteiger partial charge in [-0.1, -0.05) is 30.3 Å². The van der Waals surface area contributed by atoms with E-state index in [-0.39, 0.29) is 0 Å². The molecule has 0 spiro atoms. The van der Waals surface area contributed by atoms with Crippen LogP contribution in [0.1, 0.15) is 17.5 Å². The third kappa shape index (κ3) is 4.28. The number of hydrogen-bond acceptors (Lipinski definition) is 3. The fourth-order valence-corrected chi connectivity index (χ4v) is 2.12. The van der Waals surface area contributed by atoms with Crippen LogP contribution in [0.4, 0.5) is 0 Å². The topological polar surface area (TPSA) is 41.5 Å². The summed E-state index contributed by atoms with van der Waals surface area (Å²) < 4.78 is 5.16. The SMILES string of the molecule is COc1ccc(O)c(CNCCCc2ccccc2)c1. The largest absolute Gasteiger partial charge is 0.508 e. The molecule has 0 atom stereocenters. The highest BCUT2D eigenvalue weighted by molar-refractivity contribution is 5.39. The second-order valence-electron chi connectivity index (χ2n) is 4.76. The van der Waals surface area contributed by atoms with Gasteiger partial charge < -0.3 is 15.2 Å². The lowest BCUT2D eigenvalue weighted by molar-refractivity contribution is 0.410. The van der Waals surface area contributed by atoms with Crippen LogP contribution in [0.2, 0.25) is 0 Å². The van der Waals surface area contributed by atoms with E-state index in [0.29, 0.717) is 12.3 Å². The van der Waals surface area contributed by atoms with Gasteiger partial charge in [0.15, 0.2) is 0 Å². The zero-order valence-corrected chi connectivity index (χ0v) is 11.8. The summed E-state index contributed by atoms with van der Waals surface area (Å²) in [6, 6.07) is 15.7. The zero-order valence-electron chi connectivity index (χ0n) is 11.8. The van der Waals surface area contributed by atoms with Crippen LogP contribution in [0, 0.1) is 0 Å². The van der Waals surface area contributed by atoms with Crippen molar-refractivity contribution in [2.45, 2.75) is 19.4 Å². The van der Waals surface area contributed by atoms with Gasteiger partial charge in [-0.2, -0.15) is 0 Å². The van der Waals surface area contributed by atoms with Gasteiger partial charge in [0.2, 0.25) is 0 Å². The fourth-order valence-electron chi connectivity index (χ4n) is 2.12. The molecule has 0 amide bonds. The zero-order chi connectivity index (χ0) is 14.2. The average Bonchev–Trinajstić information content (AvgIpc) is 2.50. The van der Waals surface area contributed by atoms with Gasteiger partial charge in [-0.3, -0.25) is 0 Å². The summed E-state index contributed by atoms with van der Waals surface area (Å²) in [4.78, 5) is 0. The first-order chi connectivity index (χ1) is 9.79. The van der Waals surface area contributed by atoms with Crippen LogP contribution in [0.25, 0.3) is 0 Å². The Bertz CT molecular complexity index is 526. The summed E-state index contributed by atoms with van der Waals surface area (Å²) >= 11 is 0. The van der Waals surface area contributed by atoms with Crippen molar-refractivity contribution in [2.24, 2.45) is 0 Å². The smallest absolute Gasteiger partial charge is 0.120 e. The first-order valence-electron chi connectivity index (χ1n) is 6.90. The number of rotatable bonds is 7. The molecule has 0 saturated heterocycles.